The number of hydrogen-bond acceptors (Lipinski definition) is 0. The van der Waals surface area contributed by atoms with Gasteiger partial charge in [0.15, 0.2) is 0 Å². The van der Waals surface area contributed by atoms with E-state index in [0.717, 1.165) is 15.6 Å². The second-order valence-corrected chi connectivity index (χ2v) is 11.4. The molecule has 1 N–H and O–H groups in total. The molecule has 0 aliphatic carbocycles. The minimum Gasteiger partial charge on any atom is -0.668 e. The van der Waals surface area contributed by atoms with Gasteiger partial charge in [0.25, 0.3) is 0 Å². The van der Waals surface area contributed by atoms with Crippen molar-refractivity contribution in [3.8, 4) is 0 Å². The molecule has 0 heterocycles. The van der Waals surface area contributed by atoms with Crippen LogP contribution in [0.4, 0.5) is 0 Å². The third-order valence-electron chi connectivity index (χ3n) is 6.58. The second kappa shape index (κ2) is 8.90. The fourth-order valence-corrected chi connectivity index (χ4v) is 8.90. The topological polar surface area (TPSA) is 23.8 Å². The van der Waals surface area contributed by atoms with E-state index in [9.17, 15) is 5.40 Å². The Balaban J connectivity index is 0.00000228. The molecule has 0 aliphatic heterocycles. The van der Waals surface area contributed by atoms with Crippen LogP contribution in [0.15, 0.2) is 127 Å². The molecule has 6 aromatic carbocycles. The molecule has 0 radical (unpaired) electrons. The van der Waals surface area contributed by atoms with Crippen molar-refractivity contribution in [1.29, 1.82) is 0 Å². The van der Waals surface area contributed by atoms with E-state index < -0.39 is 8.24 Å². The predicted molar refractivity (Wildman–Crippen MR) is 141 cm³/mol. The molecule has 0 saturated heterocycles. The van der Waals surface area contributed by atoms with Crippen LogP contribution in [0.1, 0.15) is 0 Å². The van der Waals surface area contributed by atoms with E-state index in [-0.39, 0.29) is 29.6 Å². The second-order valence-electron chi connectivity index (χ2n) is 8.33. The third kappa shape index (κ3) is 3.56. The average Bonchev–Trinajstić information content (AvgIpc) is 2.87. The Morgan fingerprint density at radius 1 is 0.364 bits per heavy atom. The maximum atomic E-state index is 10.4. The summed E-state index contributed by atoms with van der Waals surface area (Å²) >= 11 is 0. The van der Waals surface area contributed by atoms with E-state index in [4.69, 9.17) is 0 Å². The van der Waals surface area contributed by atoms with Crippen LogP contribution in [0.25, 0.3) is 37.7 Å². The first-order valence-corrected chi connectivity index (χ1v) is 13.0. The van der Waals surface area contributed by atoms with Gasteiger partial charge in [-0.3, -0.25) is 0 Å². The molecular weight excluding hydrogens is 425 g/mol. The van der Waals surface area contributed by atoms with Gasteiger partial charge in [-0.15, -0.1) is 0 Å². The molecule has 152 valence electrons. The molecule has 0 spiro atoms. The first kappa shape index (κ1) is 22.1. The van der Waals surface area contributed by atoms with Gasteiger partial charge in [-0.05, 0) is 32.3 Å². The minimum atomic E-state index is -3.12. The van der Waals surface area contributed by atoms with Crippen LogP contribution in [-0.2, 0) is 0 Å². The zero-order chi connectivity index (χ0) is 21.5. The zero-order valence-electron chi connectivity index (χ0n) is 18.6. The van der Waals surface area contributed by atoms with Gasteiger partial charge >= 0.3 is 29.6 Å². The first-order chi connectivity index (χ1) is 15.8. The summed E-state index contributed by atoms with van der Waals surface area (Å²) in [4.78, 5) is 0. The average molecular weight is 448 g/mol. The smallest absolute Gasteiger partial charge is 0.668 e. The Bertz CT molecular complexity index is 1400. The summed E-state index contributed by atoms with van der Waals surface area (Å²) in [6, 6.07) is 44.9. The largest absolute Gasteiger partial charge is 1.00 e. The molecule has 0 bridgehead atoms. The van der Waals surface area contributed by atoms with Crippen molar-refractivity contribution >= 4 is 56.1 Å². The van der Waals surface area contributed by atoms with Crippen LogP contribution in [0.2, 0.25) is 0 Å². The Kier molecular flexibility index (Phi) is 5.96. The summed E-state index contributed by atoms with van der Waals surface area (Å²) in [6.45, 7) is 0. The van der Waals surface area contributed by atoms with Crippen molar-refractivity contribution in [2.75, 3.05) is 0 Å². The minimum absolute atomic E-state index is 0. The summed E-state index contributed by atoms with van der Waals surface area (Å²) in [6.07, 6.45) is 0. The van der Waals surface area contributed by atoms with Crippen LogP contribution in [0, 0.1) is 0 Å². The van der Waals surface area contributed by atoms with Gasteiger partial charge in [0, 0.05) is 8.24 Å². The van der Waals surface area contributed by atoms with E-state index in [1.807, 2.05) is 0 Å². The molecule has 6 aromatic rings. The Hall–Kier alpha value is -2.72. The zero-order valence-corrected chi connectivity index (χ0v) is 21.6. The van der Waals surface area contributed by atoms with Crippen molar-refractivity contribution in [3.05, 3.63) is 133 Å². The third-order valence-corrected chi connectivity index (χ3v) is 10.3. The number of benzene rings is 6. The summed E-state index contributed by atoms with van der Waals surface area (Å²) in [7, 11) is -3.12. The van der Waals surface area contributed by atoms with E-state index in [1.54, 1.807) is 0 Å². The Morgan fingerprint density at radius 3 is 0.970 bits per heavy atom. The fourth-order valence-electron chi connectivity index (χ4n) is 5.09. The van der Waals surface area contributed by atoms with Crippen LogP contribution in [-0.4, -0.2) is 8.24 Å². The van der Waals surface area contributed by atoms with Crippen LogP contribution in [0.5, 0.6) is 0 Å². The van der Waals surface area contributed by atoms with Gasteiger partial charge < -0.3 is 5.40 Å². The van der Waals surface area contributed by atoms with Crippen molar-refractivity contribution in [2.24, 2.45) is 0 Å². The van der Waals surface area contributed by atoms with Crippen molar-refractivity contribution in [2.45, 2.75) is 0 Å². The van der Waals surface area contributed by atoms with E-state index >= 15 is 0 Å². The number of rotatable bonds is 3. The molecule has 6 rings (SSSR count). The van der Waals surface area contributed by atoms with Gasteiger partial charge in [-0.1, -0.05) is 143 Å². The summed E-state index contributed by atoms with van der Waals surface area (Å²) in [5, 5.41) is 21.0. The van der Waals surface area contributed by atoms with Crippen LogP contribution < -0.4 is 45.1 Å². The van der Waals surface area contributed by atoms with Gasteiger partial charge in [0.1, 0.15) is 0 Å². The molecular formula is C30H22NNaSi. The summed E-state index contributed by atoms with van der Waals surface area (Å²) in [5.74, 6) is 0. The standard InChI is InChI=1S/C30H22NSi.Na/c31-32(28-19-7-13-22-10-1-4-16-25(22)28,29-20-8-14-23-11-2-5-17-26(23)29)30-21-9-15-24-12-3-6-18-27(24)30;/h1-21,31H;/q-1;+1. The molecule has 33 heavy (non-hydrogen) atoms. The Morgan fingerprint density at radius 2 is 0.636 bits per heavy atom. The molecule has 0 aliphatic rings. The first-order valence-electron chi connectivity index (χ1n) is 11.0. The Labute approximate surface area is 217 Å². The van der Waals surface area contributed by atoms with E-state index in [1.165, 1.54) is 32.3 Å². The number of hydrogen-bond donors (Lipinski definition) is 0. The predicted octanol–water partition coefficient (Wildman–Crippen LogP) is 3.17. The van der Waals surface area contributed by atoms with Gasteiger partial charge in [-0.2, -0.15) is 0 Å². The summed E-state index contributed by atoms with van der Waals surface area (Å²) in [5.41, 5.74) is 0. The monoisotopic (exact) mass is 447 g/mol. The molecule has 0 fully saturated rings. The molecule has 1 nitrogen and oxygen atoms in total. The molecule has 0 atom stereocenters. The molecule has 0 aromatic heterocycles. The van der Waals surface area contributed by atoms with Crippen molar-refractivity contribution in [3.63, 3.8) is 0 Å². The molecule has 0 amide bonds. The molecule has 0 unspecified atom stereocenters. The quantitative estimate of drug-likeness (QED) is 0.294. The van der Waals surface area contributed by atoms with Crippen molar-refractivity contribution in [1.82, 2.24) is 0 Å². The van der Waals surface area contributed by atoms with E-state index in [2.05, 4.69) is 127 Å². The number of nitrogens with one attached hydrogen (secondary N) is 1. The van der Waals surface area contributed by atoms with Gasteiger partial charge in [0.2, 0.25) is 0 Å². The normalized spacial score (nSPS) is 11.5. The fraction of sp³-hybridized carbons (Fsp3) is 0. The molecule has 0 saturated carbocycles. The maximum Gasteiger partial charge on any atom is 1.00 e. The van der Waals surface area contributed by atoms with Gasteiger partial charge in [0.05, 0.1) is 0 Å². The van der Waals surface area contributed by atoms with Crippen LogP contribution >= 0.6 is 0 Å². The maximum absolute atomic E-state index is 10.4. The SMILES string of the molecule is [NH-][Si](c1cccc2ccccc12)(c1cccc2ccccc12)c1cccc2ccccc12.[Na+]. The van der Waals surface area contributed by atoms with E-state index in [0.29, 0.717) is 0 Å². The van der Waals surface area contributed by atoms with Gasteiger partial charge in [-0.25, -0.2) is 0 Å². The van der Waals surface area contributed by atoms with Crippen LogP contribution in [0.3, 0.4) is 0 Å². The molecule has 3 heteroatoms. The number of fused-ring (bicyclic) bond motifs is 3. The summed E-state index contributed by atoms with van der Waals surface area (Å²) < 4.78 is 0. The van der Waals surface area contributed by atoms with Crippen molar-refractivity contribution < 1.29 is 29.6 Å².